The zero-order chi connectivity index (χ0) is 15.8. The maximum Gasteiger partial charge on any atom is 0.520 e. The topological polar surface area (TPSA) is 92.5 Å². The smallest absolute Gasteiger partial charge is 0.396 e. The van der Waals surface area contributed by atoms with Gasteiger partial charge in [-0.1, -0.05) is 6.92 Å². The van der Waals surface area contributed by atoms with E-state index in [1.165, 1.54) is 26.2 Å². The van der Waals surface area contributed by atoms with Crippen molar-refractivity contribution in [3.8, 4) is 0 Å². The zero-order valence-corrected chi connectivity index (χ0v) is 15.0. The van der Waals surface area contributed by atoms with Crippen LogP contribution in [0, 0.1) is 0 Å². The molecule has 0 aliphatic rings. The van der Waals surface area contributed by atoms with Gasteiger partial charge in [0.1, 0.15) is 0 Å². The van der Waals surface area contributed by atoms with Crippen molar-refractivity contribution in [2.45, 2.75) is 19.0 Å². The maximum atomic E-state index is 11.8. The maximum absolute atomic E-state index is 11.8. The van der Waals surface area contributed by atoms with Crippen LogP contribution in [0.15, 0.2) is 0 Å². The van der Waals surface area contributed by atoms with Gasteiger partial charge in [-0.25, -0.2) is 4.79 Å². The molecule has 0 fully saturated rings. The van der Waals surface area contributed by atoms with Crippen molar-refractivity contribution in [3.05, 3.63) is 0 Å². The molecule has 0 aromatic heterocycles. The van der Waals surface area contributed by atoms with Gasteiger partial charge in [-0.2, -0.15) is 0 Å². The zero-order valence-electron chi connectivity index (χ0n) is 13.0. The lowest BCUT2D eigenvalue weighted by molar-refractivity contribution is 0.101. The largest absolute Gasteiger partial charge is 0.520 e. The number of urea groups is 1. The first kappa shape index (κ1) is 19.5. The molecule has 1 unspecified atom stereocenters. The Morgan fingerprint density at radius 2 is 1.60 bits per heavy atom. The third kappa shape index (κ3) is 4.80. The normalized spacial score (nSPS) is 13.6. The van der Waals surface area contributed by atoms with E-state index in [0.29, 0.717) is 6.42 Å². The molecule has 1 atom stereocenters. The van der Waals surface area contributed by atoms with Crippen LogP contribution in [0.25, 0.3) is 0 Å². The first-order valence-corrected chi connectivity index (χ1v) is 9.44. The molecule has 0 aromatic carbocycles. The lowest BCUT2D eigenvalue weighted by Crippen LogP contribution is -2.61. The lowest BCUT2D eigenvalue weighted by Gasteiger charge is -2.36. The Hall–Kier alpha value is -0.496. The summed E-state index contributed by atoms with van der Waals surface area (Å²) in [5.74, 6) is 0. The fourth-order valence-corrected chi connectivity index (χ4v) is 5.24. The van der Waals surface area contributed by atoms with Crippen LogP contribution in [0.5, 0.6) is 0 Å². The Morgan fingerprint density at radius 1 is 1.15 bits per heavy atom. The number of carbonyl (C=O) groups excluding carboxylic acids is 1. The van der Waals surface area contributed by atoms with E-state index in [0.717, 1.165) is 0 Å². The molecule has 119 valence electrons. The summed E-state index contributed by atoms with van der Waals surface area (Å²) in [6.07, 6.45) is 0.783. The Balaban J connectivity index is 5.25. The van der Waals surface area contributed by atoms with Gasteiger partial charge in [-0.3, -0.25) is 0 Å². The summed E-state index contributed by atoms with van der Waals surface area (Å²) in [5, 5.41) is 0. The number of hydrogen-bond donors (Lipinski definition) is 1. The van der Waals surface area contributed by atoms with Crippen LogP contribution in [0.3, 0.4) is 0 Å². The van der Waals surface area contributed by atoms with Crippen LogP contribution < -0.4 is 5.73 Å². The predicted molar refractivity (Wildman–Crippen MR) is 76.9 cm³/mol. The fraction of sp³-hybridized carbons (Fsp3) is 0.900. The van der Waals surface area contributed by atoms with Gasteiger partial charge in [-0.05, 0) is 6.42 Å². The lowest BCUT2D eigenvalue weighted by atomic mass is 10.4. The second kappa shape index (κ2) is 9.44. The summed E-state index contributed by atoms with van der Waals surface area (Å²) in [7, 11) is 2.92. The summed E-state index contributed by atoms with van der Waals surface area (Å²) >= 11 is 0. The first-order valence-electron chi connectivity index (χ1n) is 6.11. The van der Waals surface area contributed by atoms with Crippen molar-refractivity contribution in [3.63, 3.8) is 0 Å². The molecular weight excluding hydrogens is 300 g/mol. The molecule has 1 radical (unpaired) electrons. The molecule has 0 aromatic rings. The number of nitrogens with two attached hydrogens (primary N) is 1. The number of primary amides is 1. The van der Waals surface area contributed by atoms with Crippen LogP contribution in [-0.2, 0) is 22.1 Å². The molecule has 0 aliphatic heterocycles. The highest BCUT2D eigenvalue weighted by atomic mass is 28.4. The molecule has 2 N–H and O–H groups in total. The van der Waals surface area contributed by atoms with E-state index in [2.05, 4.69) is 0 Å². The van der Waals surface area contributed by atoms with Gasteiger partial charge in [0, 0.05) is 35.5 Å². The number of amides is 2. The van der Waals surface area contributed by atoms with Crippen LogP contribution >= 0.6 is 0 Å². The molecule has 8 nitrogen and oxygen atoms in total. The van der Waals surface area contributed by atoms with Crippen molar-refractivity contribution < 1.29 is 26.9 Å². The van der Waals surface area contributed by atoms with E-state index in [1.54, 1.807) is 14.2 Å². The van der Waals surface area contributed by atoms with Crippen LogP contribution in [0.2, 0.25) is 0 Å². The minimum absolute atomic E-state index is 0.144. The minimum Gasteiger partial charge on any atom is -0.396 e. The standard InChI is InChI=1S/C10H25N2O6Si2/c1-7-9(19(14-2)15-3)12(10(11)13)8-20(16-4,17-5)18-6/h9H,7-8H2,1-6H3,(H2,11,13). The molecule has 2 amide bonds. The average Bonchev–Trinajstić information content (AvgIpc) is 2.47. The third-order valence-corrected chi connectivity index (χ3v) is 7.68. The van der Waals surface area contributed by atoms with Crippen LogP contribution in [0.1, 0.15) is 13.3 Å². The molecule has 0 saturated heterocycles. The summed E-state index contributed by atoms with van der Waals surface area (Å²) < 4.78 is 26.6. The van der Waals surface area contributed by atoms with E-state index in [9.17, 15) is 4.79 Å². The first-order chi connectivity index (χ1) is 9.44. The van der Waals surface area contributed by atoms with Crippen LogP contribution in [0.4, 0.5) is 4.79 Å². The van der Waals surface area contributed by atoms with E-state index in [4.69, 9.17) is 27.9 Å². The summed E-state index contributed by atoms with van der Waals surface area (Å²) in [6.45, 7) is 1.93. The quantitative estimate of drug-likeness (QED) is 0.563. The van der Waals surface area contributed by atoms with Gasteiger partial charge in [0.05, 0.1) is 11.8 Å². The molecule has 20 heavy (non-hydrogen) atoms. The Labute approximate surface area is 123 Å². The molecule has 0 rings (SSSR count). The minimum atomic E-state index is -2.96. The van der Waals surface area contributed by atoms with Gasteiger partial charge in [0.15, 0.2) is 0 Å². The number of carbonyl (C=O) groups is 1. The van der Waals surface area contributed by atoms with Crippen molar-refractivity contribution in [1.29, 1.82) is 0 Å². The predicted octanol–water partition coefficient (Wildman–Crippen LogP) is -0.117. The van der Waals surface area contributed by atoms with Gasteiger partial charge in [0.2, 0.25) is 0 Å². The molecule has 0 aliphatic carbocycles. The summed E-state index contributed by atoms with van der Waals surface area (Å²) in [5.41, 5.74) is 5.22. The van der Waals surface area contributed by atoms with Crippen molar-refractivity contribution in [2.75, 3.05) is 41.7 Å². The second-order valence-corrected chi connectivity index (χ2v) is 8.94. The molecule has 0 saturated carbocycles. The van der Waals surface area contributed by atoms with E-state index >= 15 is 0 Å². The van der Waals surface area contributed by atoms with Crippen LogP contribution in [-0.4, -0.2) is 76.4 Å². The summed E-state index contributed by atoms with van der Waals surface area (Å²) in [6, 6.07) is -0.587. The number of rotatable bonds is 10. The molecule has 0 bridgehead atoms. The third-order valence-electron chi connectivity index (χ3n) is 3.02. The monoisotopic (exact) mass is 325 g/mol. The molecule has 0 spiro atoms. The van der Waals surface area contributed by atoms with Gasteiger partial charge >= 0.3 is 24.1 Å². The number of hydrogen-bond acceptors (Lipinski definition) is 6. The Kier molecular flexibility index (Phi) is 9.21. The SMILES string of the molecule is CCC(N(C[Si](OC)(OC)OC)C(N)=O)[Si](OC)OC. The van der Waals surface area contributed by atoms with Gasteiger partial charge < -0.3 is 32.8 Å². The van der Waals surface area contributed by atoms with Crippen molar-refractivity contribution in [1.82, 2.24) is 4.90 Å². The Morgan fingerprint density at radius 3 is 1.85 bits per heavy atom. The Bertz CT molecular complexity index is 281. The highest BCUT2D eigenvalue weighted by molar-refractivity contribution is 6.61. The summed E-state index contributed by atoms with van der Waals surface area (Å²) in [4.78, 5) is 13.2. The molecule has 10 heteroatoms. The van der Waals surface area contributed by atoms with E-state index in [1.807, 2.05) is 6.92 Å². The fourth-order valence-electron chi connectivity index (χ4n) is 1.86. The van der Waals surface area contributed by atoms with Crippen molar-refractivity contribution >= 4 is 24.1 Å². The van der Waals surface area contributed by atoms with Crippen molar-refractivity contribution in [2.24, 2.45) is 5.73 Å². The second-order valence-electron chi connectivity index (χ2n) is 3.91. The van der Waals surface area contributed by atoms with Gasteiger partial charge in [-0.15, -0.1) is 0 Å². The average molecular weight is 325 g/mol. The number of nitrogens with zero attached hydrogens (tertiary/aromatic N) is 1. The highest BCUT2D eigenvalue weighted by Crippen LogP contribution is 2.15. The molecule has 0 heterocycles. The molecular formula is C10H25N2O6Si2. The van der Waals surface area contributed by atoms with E-state index < -0.39 is 24.1 Å². The van der Waals surface area contributed by atoms with Gasteiger partial charge in [0.25, 0.3) is 0 Å². The van der Waals surface area contributed by atoms with E-state index in [-0.39, 0.29) is 11.8 Å². The highest BCUT2D eigenvalue weighted by Gasteiger charge is 2.45.